The van der Waals surface area contributed by atoms with Crippen molar-refractivity contribution in [2.24, 2.45) is 0 Å². The zero-order valence-corrected chi connectivity index (χ0v) is 6.56. The molecule has 0 aliphatic carbocycles. The maximum absolute atomic E-state index is 10.3. The van der Waals surface area contributed by atoms with Gasteiger partial charge in [-0.25, -0.2) is 5.01 Å². The molecule has 4 N–H and O–H groups in total. The van der Waals surface area contributed by atoms with Gasteiger partial charge in [0.25, 0.3) is 0 Å². The van der Waals surface area contributed by atoms with Gasteiger partial charge in [-0.15, -0.1) is 0 Å². The third kappa shape index (κ3) is 1.58. The largest absolute Gasteiger partial charge is 0.609 e. The molecule has 1 aromatic rings. The van der Waals surface area contributed by atoms with Gasteiger partial charge in [-0.2, -0.15) is 0 Å². The highest BCUT2D eigenvalue weighted by Crippen LogP contribution is 2.27. The van der Waals surface area contributed by atoms with Gasteiger partial charge >= 0.3 is 0 Å². The molecule has 0 radical (unpaired) electrons. The zero-order valence-electron chi connectivity index (χ0n) is 6.56. The first kappa shape index (κ1) is 8.63. The van der Waals surface area contributed by atoms with Gasteiger partial charge in [0.1, 0.15) is 17.2 Å². The predicted molar refractivity (Wildman–Crippen MR) is 43.5 cm³/mol. The molecule has 0 spiro atoms. The summed E-state index contributed by atoms with van der Waals surface area (Å²) in [5, 5.41) is 29.7. The molecule has 0 saturated heterocycles. The molecule has 0 atom stereocenters. The van der Waals surface area contributed by atoms with Crippen LogP contribution in [-0.2, 0) is 0 Å². The van der Waals surface area contributed by atoms with Crippen LogP contribution in [0.4, 0.5) is 5.69 Å². The van der Waals surface area contributed by atoms with E-state index in [4.69, 9.17) is 5.11 Å². The third-order valence-corrected chi connectivity index (χ3v) is 1.50. The zero-order chi connectivity index (χ0) is 9.14. The molecule has 0 heterocycles. The average Bonchev–Trinajstić information content (AvgIpc) is 2.08. The molecule has 5 nitrogen and oxygen atoms in total. The van der Waals surface area contributed by atoms with E-state index in [1.54, 1.807) is 0 Å². The number of quaternary nitrogens is 1. The van der Waals surface area contributed by atoms with Crippen molar-refractivity contribution < 1.29 is 15.8 Å². The SMILES string of the molecule is CN([NH2+][O-])c1cc(O)ccc1O. The molecular weight excluding hydrogens is 160 g/mol. The number of hydrogen-bond acceptors (Lipinski definition) is 4. The normalized spacial score (nSPS) is 9.83. The molecule has 0 unspecified atom stereocenters. The van der Waals surface area contributed by atoms with E-state index in [2.05, 4.69) is 0 Å². The Kier molecular flexibility index (Phi) is 2.37. The van der Waals surface area contributed by atoms with Crippen LogP contribution in [0.15, 0.2) is 18.2 Å². The van der Waals surface area contributed by atoms with Crippen LogP contribution in [0.25, 0.3) is 0 Å². The summed E-state index contributed by atoms with van der Waals surface area (Å²) in [6.07, 6.45) is 0. The molecule has 66 valence electrons. The second-order valence-electron chi connectivity index (χ2n) is 2.39. The summed E-state index contributed by atoms with van der Waals surface area (Å²) in [6.45, 7) is 0. The van der Waals surface area contributed by atoms with Crippen molar-refractivity contribution in [3.63, 3.8) is 0 Å². The minimum Gasteiger partial charge on any atom is -0.609 e. The summed E-state index contributed by atoms with van der Waals surface area (Å²) in [4.78, 5) is 0. The van der Waals surface area contributed by atoms with Gasteiger partial charge in [0.15, 0.2) is 0 Å². The topological polar surface area (TPSA) is 83.4 Å². The molecule has 0 aliphatic heterocycles. The quantitative estimate of drug-likeness (QED) is 0.318. The number of aromatic hydroxyl groups is 2. The number of hydrogen-bond donors (Lipinski definition) is 3. The van der Waals surface area contributed by atoms with Crippen molar-refractivity contribution in [1.82, 2.24) is 0 Å². The number of benzene rings is 1. The second-order valence-corrected chi connectivity index (χ2v) is 2.39. The van der Waals surface area contributed by atoms with E-state index in [9.17, 15) is 10.3 Å². The van der Waals surface area contributed by atoms with Gasteiger partial charge in [0.05, 0.1) is 7.05 Å². The van der Waals surface area contributed by atoms with Crippen molar-refractivity contribution in [1.29, 1.82) is 0 Å². The Balaban J connectivity index is 3.04. The van der Waals surface area contributed by atoms with Gasteiger partial charge in [-0.05, 0) is 12.1 Å². The highest BCUT2D eigenvalue weighted by molar-refractivity contribution is 5.58. The van der Waals surface area contributed by atoms with Gasteiger partial charge in [-0.1, -0.05) is 0 Å². The van der Waals surface area contributed by atoms with Crippen LogP contribution in [0.3, 0.4) is 0 Å². The molecule has 12 heavy (non-hydrogen) atoms. The van der Waals surface area contributed by atoms with Crippen molar-refractivity contribution in [2.45, 2.75) is 0 Å². The Labute approximate surface area is 69.4 Å². The number of phenols is 2. The van der Waals surface area contributed by atoms with Crippen LogP contribution in [0.2, 0.25) is 0 Å². The van der Waals surface area contributed by atoms with Crippen LogP contribution in [0, 0.1) is 5.21 Å². The molecule has 1 aromatic carbocycles. The Hall–Kier alpha value is -1.46. The summed E-state index contributed by atoms with van der Waals surface area (Å²) in [6, 6.07) is 3.98. The first-order valence-corrected chi connectivity index (χ1v) is 3.35. The number of nitrogens with two attached hydrogens (primary N) is 1. The van der Waals surface area contributed by atoms with Gasteiger partial charge < -0.3 is 15.4 Å². The maximum atomic E-state index is 10.3. The minimum atomic E-state index is -0.0394. The van der Waals surface area contributed by atoms with Crippen molar-refractivity contribution in [3.05, 3.63) is 23.4 Å². The molecule has 1 rings (SSSR count). The molecular formula is C7H10N2O3. The van der Waals surface area contributed by atoms with Crippen LogP contribution in [0.1, 0.15) is 0 Å². The first-order valence-electron chi connectivity index (χ1n) is 3.35. The molecule has 0 fully saturated rings. The molecule has 0 amide bonds. The lowest BCUT2D eigenvalue weighted by Gasteiger charge is -2.18. The number of rotatable bonds is 2. The Morgan fingerprint density at radius 1 is 1.42 bits per heavy atom. The Morgan fingerprint density at radius 3 is 2.67 bits per heavy atom. The smallest absolute Gasteiger partial charge is 0.144 e. The molecule has 5 heteroatoms. The third-order valence-electron chi connectivity index (χ3n) is 1.50. The summed E-state index contributed by atoms with van der Waals surface area (Å²) in [5.41, 5.74) is 0.833. The lowest BCUT2D eigenvalue weighted by molar-refractivity contribution is -0.598. The highest BCUT2D eigenvalue weighted by atomic mass is 16.5. The molecule has 0 bridgehead atoms. The van der Waals surface area contributed by atoms with Crippen molar-refractivity contribution >= 4 is 5.69 Å². The lowest BCUT2D eigenvalue weighted by Crippen LogP contribution is -2.88. The number of nitrogens with zero attached hydrogens (tertiary/aromatic N) is 1. The second kappa shape index (κ2) is 3.29. The number of phenolic OH excluding ortho intramolecular Hbond substituents is 2. The van der Waals surface area contributed by atoms with Gasteiger partial charge in [-0.3, -0.25) is 5.59 Å². The van der Waals surface area contributed by atoms with E-state index < -0.39 is 0 Å². The summed E-state index contributed by atoms with van der Waals surface area (Å²) >= 11 is 0. The van der Waals surface area contributed by atoms with E-state index >= 15 is 0 Å². The summed E-state index contributed by atoms with van der Waals surface area (Å²) in [5.74, 6) is -0.0288. The molecule has 0 saturated carbocycles. The van der Waals surface area contributed by atoms with Crippen LogP contribution in [0.5, 0.6) is 11.5 Å². The Morgan fingerprint density at radius 2 is 2.08 bits per heavy atom. The van der Waals surface area contributed by atoms with E-state index in [1.165, 1.54) is 30.3 Å². The fraction of sp³-hybridized carbons (Fsp3) is 0.143. The Bertz CT molecular complexity index is 277. The van der Waals surface area contributed by atoms with Crippen LogP contribution >= 0.6 is 0 Å². The lowest BCUT2D eigenvalue weighted by atomic mass is 10.3. The monoisotopic (exact) mass is 170 g/mol. The highest BCUT2D eigenvalue weighted by Gasteiger charge is 2.06. The van der Waals surface area contributed by atoms with Crippen LogP contribution in [-0.4, -0.2) is 17.3 Å². The summed E-state index contributed by atoms with van der Waals surface area (Å²) < 4.78 is 0. The number of anilines is 1. The van der Waals surface area contributed by atoms with Crippen molar-refractivity contribution in [3.8, 4) is 11.5 Å². The fourth-order valence-corrected chi connectivity index (χ4v) is 0.851. The first-order chi connectivity index (χ1) is 5.65. The maximum Gasteiger partial charge on any atom is 0.144 e. The average molecular weight is 170 g/mol. The summed E-state index contributed by atoms with van der Waals surface area (Å²) in [7, 11) is 1.49. The fourth-order valence-electron chi connectivity index (χ4n) is 0.851. The standard InChI is InChI=1S/C7H10N2O3/c1-9(8-12)6-4-5(10)2-3-7(6)11/h2-4,10-11H,8H2,1H3. The molecule has 0 aliphatic rings. The predicted octanol–water partition coefficient (Wildman–Crippen LogP) is -0.490. The van der Waals surface area contributed by atoms with E-state index in [-0.39, 0.29) is 17.2 Å². The van der Waals surface area contributed by atoms with E-state index in [0.29, 0.717) is 5.59 Å². The van der Waals surface area contributed by atoms with Gasteiger partial charge in [0.2, 0.25) is 0 Å². The van der Waals surface area contributed by atoms with Crippen LogP contribution < -0.4 is 10.6 Å². The van der Waals surface area contributed by atoms with Crippen molar-refractivity contribution in [2.75, 3.05) is 12.1 Å². The molecule has 0 aromatic heterocycles. The van der Waals surface area contributed by atoms with E-state index in [1.807, 2.05) is 0 Å². The minimum absolute atomic E-state index is 0.0106. The van der Waals surface area contributed by atoms with Gasteiger partial charge in [0, 0.05) is 6.07 Å². The van der Waals surface area contributed by atoms with E-state index in [0.717, 1.165) is 0 Å².